The topological polar surface area (TPSA) is 136 Å². The minimum absolute atomic E-state index is 0.0130. The van der Waals surface area contributed by atoms with Crippen LogP contribution in [0.5, 0.6) is 0 Å². The van der Waals surface area contributed by atoms with E-state index in [2.05, 4.69) is 23.5 Å². The Morgan fingerprint density at radius 1 is 1.15 bits per heavy atom. The Labute approximate surface area is 245 Å². The molecule has 0 bridgehead atoms. The highest BCUT2D eigenvalue weighted by molar-refractivity contribution is 7.93. The molecule has 9 nitrogen and oxygen atoms in total. The van der Waals surface area contributed by atoms with Crippen LogP contribution in [0.1, 0.15) is 66.6 Å². The number of carbonyl (C=O) groups excluding carboxylic acids is 1. The molecule has 41 heavy (non-hydrogen) atoms. The maximum absolute atomic E-state index is 13.4. The Bertz CT molecular complexity index is 1540. The number of pyridine rings is 1. The third kappa shape index (κ3) is 6.71. The molecule has 0 fully saturated rings. The molecule has 11 heteroatoms. The number of hydrogen-bond acceptors (Lipinski definition) is 7. The van der Waals surface area contributed by atoms with E-state index in [1.165, 1.54) is 0 Å². The van der Waals surface area contributed by atoms with Crippen LogP contribution in [-0.2, 0) is 56.3 Å². The first-order chi connectivity index (χ1) is 19.5. The standard InChI is InChI=1S/C30H38N4O5S2/c1-29(2)15-14-23-26(29)27(21-10-7-11-22(21)32-23)33-28(35)34-41(31,37)25-13-12-24(40-25)30(3,36)19-39-17-16-38-18-20-8-5-4-6-9-20/h4-6,8-9,12-13,36H,7,10-11,14-19H2,1-3H3,(H3,31,32,33,34,35,37)/t30-,41?/m1/s1. The lowest BCUT2D eigenvalue weighted by Crippen LogP contribution is -2.27. The lowest BCUT2D eigenvalue weighted by molar-refractivity contribution is -0.0508. The molecule has 0 aliphatic heterocycles. The number of aliphatic hydroxyl groups is 1. The first-order valence-electron chi connectivity index (χ1n) is 13.9. The van der Waals surface area contributed by atoms with E-state index in [9.17, 15) is 14.1 Å². The van der Waals surface area contributed by atoms with E-state index in [1.807, 2.05) is 30.3 Å². The van der Waals surface area contributed by atoms with E-state index >= 15 is 0 Å². The van der Waals surface area contributed by atoms with Crippen molar-refractivity contribution in [1.29, 1.82) is 0 Å². The zero-order chi connectivity index (χ0) is 29.3. The molecule has 2 aromatic heterocycles. The van der Waals surface area contributed by atoms with Crippen molar-refractivity contribution in [2.45, 2.75) is 74.7 Å². The van der Waals surface area contributed by atoms with Gasteiger partial charge in [-0.15, -0.1) is 15.7 Å². The number of nitrogens with zero attached hydrogens (tertiary/aromatic N) is 2. The number of aryl methyl sites for hydroxylation is 2. The second kappa shape index (κ2) is 11.9. The van der Waals surface area contributed by atoms with Gasteiger partial charge in [0.15, 0.2) is 9.92 Å². The number of urea groups is 1. The molecule has 2 atom stereocenters. The van der Waals surface area contributed by atoms with Gasteiger partial charge >= 0.3 is 6.03 Å². The molecule has 1 aromatic carbocycles. The van der Waals surface area contributed by atoms with Crippen LogP contribution in [0.25, 0.3) is 0 Å². The normalized spacial score (nSPS) is 18.3. The summed E-state index contributed by atoms with van der Waals surface area (Å²) < 4.78 is 28.8. The van der Waals surface area contributed by atoms with Gasteiger partial charge in [0.25, 0.3) is 0 Å². The molecule has 0 spiro atoms. The smallest absolute Gasteiger partial charge is 0.354 e. The Morgan fingerprint density at radius 2 is 1.90 bits per heavy atom. The third-order valence-corrected chi connectivity index (χ3v) is 10.9. The van der Waals surface area contributed by atoms with Crippen molar-refractivity contribution in [2.24, 2.45) is 9.50 Å². The number of ether oxygens (including phenoxy) is 2. The lowest BCUT2D eigenvalue weighted by Gasteiger charge is -2.24. The Balaban J connectivity index is 1.22. The first-order valence-corrected chi connectivity index (χ1v) is 16.3. The summed E-state index contributed by atoms with van der Waals surface area (Å²) in [7, 11) is -3.54. The van der Waals surface area contributed by atoms with Gasteiger partial charge in [-0.3, -0.25) is 4.98 Å². The van der Waals surface area contributed by atoms with Crippen molar-refractivity contribution >= 4 is 33.0 Å². The van der Waals surface area contributed by atoms with Crippen molar-refractivity contribution < 1.29 is 23.6 Å². The molecule has 0 saturated carbocycles. The fourth-order valence-electron chi connectivity index (χ4n) is 5.53. The highest BCUT2D eigenvalue weighted by Gasteiger charge is 2.37. The minimum atomic E-state index is -3.54. The second-order valence-electron chi connectivity index (χ2n) is 11.5. The minimum Gasteiger partial charge on any atom is -0.382 e. The van der Waals surface area contributed by atoms with E-state index in [0.717, 1.165) is 77.2 Å². The number of thiophene rings is 1. The van der Waals surface area contributed by atoms with Gasteiger partial charge in [0, 0.05) is 21.8 Å². The first kappa shape index (κ1) is 29.8. The largest absolute Gasteiger partial charge is 0.382 e. The van der Waals surface area contributed by atoms with Crippen LogP contribution >= 0.6 is 11.3 Å². The number of benzene rings is 1. The van der Waals surface area contributed by atoms with Gasteiger partial charge in [0.05, 0.1) is 32.1 Å². The molecule has 5 rings (SSSR count). The quantitative estimate of drug-likeness (QED) is 0.274. The van der Waals surface area contributed by atoms with Gasteiger partial charge in [-0.2, -0.15) is 0 Å². The highest BCUT2D eigenvalue weighted by Crippen LogP contribution is 2.45. The third-order valence-electron chi connectivity index (χ3n) is 7.68. The van der Waals surface area contributed by atoms with Crippen LogP contribution in [-0.4, -0.2) is 40.2 Å². The molecule has 2 heterocycles. The van der Waals surface area contributed by atoms with Gasteiger partial charge < -0.3 is 19.9 Å². The summed E-state index contributed by atoms with van der Waals surface area (Å²) in [6, 6.07) is 12.3. The number of nitrogens with one attached hydrogen (secondary N) is 1. The van der Waals surface area contributed by atoms with Crippen molar-refractivity contribution in [2.75, 3.05) is 25.1 Å². The predicted molar refractivity (Wildman–Crippen MR) is 160 cm³/mol. The zero-order valence-corrected chi connectivity index (χ0v) is 25.4. The predicted octanol–water partition coefficient (Wildman–Crippen LogP) is 5.23. The van der Waals surface area contributed by atoms with E-state index in [1.54, 1.807) is 19.1 Å². The average Bonchev–Trinajstić information content (AvgIpc) is 3.66. The van der Waals surface area contributed by atoms with Crippen molar-refractivity contribution in [1.82, 2.24) is 4.98 Å². The lowest BCUT2D eigenvalue weighted by atomic mass is 9.85. The number of hydrogen-bond donors (Lipinski definition) is 3. The van der Waals surface area contributed by atoms with Crippen LogP contribution < -0.4 is 10.5 Å². The van der Waals surface area contributed by atoms with Gasteiger partial charge in [0.2, 0.25) is 0 Å². The second-order valence-corrected chi connectivity index (χ2v) is 14.6. The summed E-state index contributed by atoms with van der Waals surface area (Å²) >= 11 is 1.06. The van der Waals surface area contributed by atoms with E-state index in [4.69, 9.17) is 19.6 Å². The number of nitrogens with two attached hydrogens (primary N) is 1. The van der Waals surface area contributed by atoms with Crippen LogP contribution in [0.15, 0.2) is 51.0 Å². The summed E-state index contributed by atoms with van der Waals surface area (Å²) in [5.41, 5.74) is 4.51. The van der Waals surface area contributed by atoms with Gasteiger partial charge in [-0.05, 0) is 67.7 Å². The van der Waals surface area contributed by atoms with E-state index in [0.29, 0.717) is 24.7 Å². The Kier molecular flexibility index (Phi) is 8.66. The number of fused-ring (bicyclic) bond motifs is 2. The van der Waals surface area contributed by atoms with Gasteiger partial charge in [-0.1, -0.05) is 44.2 Å². The fraction of sp³-hybridized carbons (Fsp3) is 0.467. The monoisotopic (exact) mass is 598 g/mol. The summed E-state index contributed by atoms with van der Waals surface area (Å²) in [6.07, 6.45) is 4.53. The maximum atomic E-state index is 13.4. The molecular formula is C30H38N4O5S2. The van der Waals surface area contributed by atoms with Crippen LogP contribution in [0, 0.1) is 0 Å². The van der Waals surface area contributed by atoms with Crippen molar-refractivity contribution in [3.63, 3.8) is 0 Å². The molecule has 2 aliphatic carbocycles. The van der Waals surface area contributed by atoms with E-state index in [-0.39, 0.29) is 16.2 Å². The molecule has 3 aromatic rings. The van der Waals surface area contributed by atoms with Gasteiger partial charge in [-0.25, -0.2) is 14.1 Å². The highest BCUT2D eigenvalue weighted by atomic mass is 32.2. The summed E-state index contributed by atoms with van der Waals surface area (Å²) in [5.74, 6) is 0. The summed E-state index contributed by atoms with van der Waals surface area (Å²) in [4.78, 5) is 18.5. The molecule has 0 radical (unpaired) electrons. The van der Waals surface area contributed by atoms with Crippen LogP contribution in [0.3, 0.4) is 0 Å². The van der Waals surface area contributed by atoms with E-state index < -0.39 is 21.5 Å². The molecule has 2 amide bonds. The maximum Gasteiger partial charge on any atom is 0.354 e. The molecule has 4 N–H and O–H groups in total. The van der Waals surface area contributed by atoms with Crippen LogP contribution in [0.4, 0.5) is 10.5 Å². The Hall–Kier alpha value is -2.67. The number of carbonyl (C=O) groups is 1. The number of aromatic nitrogens is 1. The van der Waals surface area contributed by atoms with Crippen molar-refractivity contribution in [3.05, 3.63) is 75.4 Å². The average molecular weight is 599 g/mol. The van der Waals surface area contributed by atoms with Crippen molar-refractivity contribution in [3.8, 4) is 0 Å². The number of anilines is 1. The molecular weight excluding hydrogens is 560 g/mol. The zero-order valence-electron chi connectivity index (χ0n) is 23.8. The number of amides is 2. The summed E-state index contributed by atoms with van der Waals surface area (Å²) in [6.45, 7) is 7.11. The molecule has 0 saturated heterocycles. The SMILES string of the molecule is CC1(C)CCc2nc3c(c(NC(=O)N=S(N)(=O)c4ccc([C@](C)(O)COCCOCc5ccccc5)s4)c21)CCC3. The fourth-order valence-corrected chi connectivity index (χ4v) is 7.80. The molecule has 1 unspecified atom stereocenters. The van der Waals surface area contributed by atoms with Gasteiger partial charge in [0.1, 0.15) is 9.81 Å². The number of rotatable bonds is 10. The molecule has 220 valence electrons. The van der Waals surface area contributed by atoms with Crippen LogP contribution in [0.2, 0.25) is 0 Å². The summed E-state index contributed by atoms with van der Waals surface area (Å²) in [5, 5.41) is 20.0. The Morgan fingerprint density at radius 3 is 2.68 bits per heavy atom. The molecule has 2 aliphatic rings.